The largest absolute Gasteiger partial charge is 0.388 e. The summed E-state index contributed by atoms with van der Waals surface area (Å²) in [6.07, 6.45) is -5.20. The summed E-state index contributed by atoms with van der Waals surface area (Å²) in [7, 11) is 0. The number of hydrogen-bond acceptors (Lipinski definition) is 6. The number of hydrogen-bond donors (Lipinski definition) is 2. The lowest BCUT2D eigenvalue weighted by atomic mass is 10.0. The van der Waals surface area contributed by atoms with Crippen molar-refractivity contribution in [3.8, 4) is 0 Å². The Morgan fingerprint density at radius 1 is 0.714 bits per heavy atom. The van der Waals surface area contributed by atoms with Crippen LogP contribution < -0.4 is 0 Å². The highest BCUT2D eigenvalue weighted by Gasteiger charge is 2.44. The average molecular weight is 427 g/mol. The molecule has 4 rings (SSSR count). The highest BCUT2D eigenvalue weighted by Crippen LogP contribution is 2.34. The van der Waals surface area contributed by atoms with Crippen molar-refractivity contribution in [2.45, 2.75) is 37.0 Å². The van der Waals surface area contributed by atoms with Gasteiger partial charge in [-0.3, -0.25) is 0 Å². The normalized spacial score (nSPS) is 33.6. The molecule has 0 aliphatic carbocycles. The number of benzene rings is 2. The Balaban J connectivity index is 1.55. The SMILES string of the molecule is O[C@@H]1[C@H]2OC(c3ccc(Cl)cc3)O[C@H]1COC(c1ccc(Cl)cc1)OC[C@H]2O. The van der Waals surface area contributed by atoms with Crippen LogP contribution in [-0.4, -0.2) is 47.8 Å². The molecule has 2 aromatic carbocycles. The number of ether oxygens (including phenoxy) is 4. The second-order valence-corrected chi connectivity index (χ2v) is 7.64. The highest BCUT2D eigenvalue weighted by atomic mass is 35.5. The van der Waals surface area contributed by atoms with E-state index in [2.05, 4.69) is 0 Å². The van der Waals surface area contributed by atoms with Gasteiger partial charge >= 0.3 is 0 Å². The van der Waals surface area contributed by atoms with Crippen molar-refractivity contribution in [1.29, 1.82) is 0 Å². The molecule has 2 bridgehead atoms. The molecule has 6 atom stereocenters. The lowest BCUT2D eigenvalue weighted by Crippen LogP contribution is -2.54. The third kappa shape index (κ3) is 4.35. The van der Waals surface area contributed by atoms with Crippen molar-refractivity contribution < 1.29 is 29.2 Å². The summed E-state index contributed by atoms with van der Waals surface area (Å²) in [5.41, 5.74) is 1.48. The van der Waals surface area contributed by atoms with E-state index in [1.54, 1.807) is 48.5 Å². The Morgan fingerprint density at radius 3 is 1.86 bits per heavy atom. The fourth-order valence-corrected chi connectivity index (χ4v) is 3.51. The molecule has 2 aromatic rings. The van der Waals surface area contributed by atoms with Crippen molar-refractivity contribution in [2.24, 2.45) is 0 Å². The number of fused-ring (bicyclic) bond motifs is 2. The molecule has 8 heteroatoms. The second-order valence-electron chi connectivity index (χ2n) is 6.77. The Morgan fingerprint density at radius 2 is 1.25 bits per heavy atom. The minimum atomic E-state index is -1.06. The Bertz CT molecular complexity index is 784. The first kappa shape index (κ1) is 20.1. The molecule has 0 spiro atoms. The molecule has 0 saturated carbocycles. The van der Waals surface area contributed by atoms with Crippen LogP contribution in [-0.2, 0) is 18.9 Å². The summed E-state index contributed by atoms with van der Waals surface area (Å²) >= 11 is 11.9. The van der Waals surface area contributed by atoms with Crippen molar-refractivity contribution in [1.82, 2.24) is 0 Å². The predicted octanol–water partition coefficient (Wildman–Crippen LogP) is 3.24. The van der Waals surface area contributed by atoms with Crippen LogP contribution in [0.15, 0.2) is 48.5 Å². The summed E-state index contributed by atoms with van der Waals surface area (Å²) in [6.45, 7) is -0.0137. The zero-order valence-electron chi connectivity index (χ0n) is 14.8. The molecule has 0 aromatic heterocycles. The zero-order valence-corrected chi connectivity index (χ0v) is 16.3. The monoisotopic (exact) mass is 426 g/mol. The van der Waals surface area contributed by atoms with Gasteiger partial charge in [0, 0.05) is 21.2 Å². The summed E-state index contributed by atoms with van der Waals surface area (Å²) in [6, 6.07) is 14.0. The number of halogens is 2. The van der Waals surface area contributed by atoms with Crippen LogP contribution in [0.25, 0.3) is 0 Å². The van der Waals surface area contributed by atoms with E-state index in [1.807, 2.05) is 0 Å². The third-order valence-electron chi connectivity index (χ3n) is 4.79. The lowest BCUT2D eigenvalue weighted by Gasteiger charge is -2.40. The quantitative estimate of drug-likeness (QED) is 0.767. The van der Waals surface area contributed by atoms with E-state index >= 15 is 0 Å². The van der Waals surface area contributed by atoms with Crippen LogP contribution in [0.5, 0.6) is 0 Å². The van der Waals surface area contributed by atoms with Crippen LogP contribution in [0.4, 0.5) is 0 Å². The van der Waals surface area contributed by atoms with Gasteiger partial charge in [-0.2, -0.15) is 0 Å². The molecule has 2 aliphatic rings. The molecule has 0 radical (unpaired) electrons. The first-order valence-corrected chi connectivity index (χ1v) is 9.68. The highest BCUT2D eigenvalue weighted by molar-refractivity contribution is 6.30. The van der Waals surface area contributed by atoms with E-state index in [0.717, 1.165) is 11.1 Å². The number of aliphatic hydroxyl groups is 2. The van der Waals surface area contributed by atoms with E-state index in [9.17, 15) is 10.2 Å². The smallest absolute Gasteiger partial charge is 0.184 e. The molecule has 2 heterocycles. The summed E-state index contributed by atoms with van der Waals surface area (Å²) < 4.78 is 23.3. The Kier molecular flexibility index (Phi) is 6.20. The van der Waals surface area contributed by atoms with Crippen LogP contribution in [0, 0.1) is 0 Å². The average Bonchev–Trinajstić information content (AvgIpc) is 2.72. The van der Waals surface area contributed by atoms with Crippen molar-refractivity contribution in [3.05, 3.63) is 69.7 Å². The van der Waals surface area contributed by atoms with Gasteiger partial charge in [0.15, 0.2) is 12.6 Å². The van der Waals surface area contributed by atoms with Crippen LogP contribution in [0.1, 0.15) is 23.7 Å². The number of aliphatic hydroxyl groups excluding tert-OH is 2. The standard InChI is InChI=1S/C20H20Cl2O6/c21-13-5-1-11(2-6-13)19-25-9-15(23)18-17(24)16(10-26-19)27-20(28-18)12-3-7-14(22)8-4-12/h1-8,15-20,23-24H,9-10H2/t15-,16+,17+,18+,19?,20?/m1/s1. The van der Waals surface area contributed by atoms with E-state index < -0.39 is 37.0 Å². The molecule has 0 amide bonds. The molecule has 2 unspecified atom stereocenters. The molecule has 28 heavy (non-hydrogen) atoms. The third-order valence-corrected chi connectivity index (χ3v) is 5.29. The van der Waals surface area contributed by atoms with Gasteiger partial charge in [-0.25, -0.2) is 0 Å². The van der Waals surface area contributed by atoms with Crippen molar-refractivity contribution in [3.63, 3.8) is 0 Å². The maximum absolute atomic E-state index is 10.6. The topological polar surface area (TPSA) is 77.4 Å². The van der Waals surface area contributed by atoms with Gasteiger partial charge in [-0.05, 0) is 24.3 Å². The first-order chi connectivity index (χ1) is 13.5. The van der Waals surface area contributed by atoms with E-state index in [-0.39, 0.29) is 13.2 Å². The lowest BCUT2D eigenvalue weighted by molar-refractivity contribution is -0.308. The number of rotatable bonds is 2. The van der Waals surface area contributed by atoms with Gasteiger partial charge in [-0.1, -0.05) is 47.5 Å². The van der Waals surface area contributed by atoms with E-state index in [1.165, 1.54) is 0 Å². The molecule has 2 fully saturated rings. The van der Waals surface area contributed by atoms with E-state index in [0.29, 0.717) is 10.0 Å². The van der Waals surface area contributed by atoms with E-state index in [4.69, 9.17) is 42.1 Å². The van der Waals surface area contributed by atoms with Gasteiger partial charge in [0.05, 0.1) is 13.2 Å². The molecular formula is C20H20Cl2O6. The molecular weight excluding hydrogens is 407 g/mol. The maximum atomic E-state index is 10.6. The minimum Gasteiger partial charge on any atom is -0.388 e. The second kappa shape index (κ2) is 8.65. The van der Waals surface area contributed by atoms with Crippen molar-refractivity contribution in [2.75, 3.05) is 13.2 Å². The first-order valence-electron chi connectivity index (χ1n) is 8.92. The predicted molar refractivity (Wildman–Crippen MR) is 102 cm³/mol. The van der Waals surface area contributed by atoms with Crippen LogP contribution in [0.3, 0.4) is 0 Å². The molecule has 2 N–H and O–H groups in total. The fourth-order valence-electron chi connectivity index (χ4n) is 3.26. The van der Waals surface area contributed by atoms with Gasteiger partial charge in [0.1, 0.15) is 24.4 Å². The Hall–Kier alpha value is -1.22. The molecule has 150 valence electrons. The molecule has 6 nitrogen and oxygen atoms in total. The summed E-state index contributed by atoms with van der Waals surface area (Å²) in [5.74, 6) is 0. The summed E-state index contributed by atoms with van der Waals surface area (Å²) in [5, 5.41) is 22.4. The van der Waals surface area contributed by atoms with Crippen LogP contribution >= 0.6 is 23.2 Å². The van der Waals surface area contributed by atoms with Crippen LogP contribution in [0.2, 0.25) is 10.0 Å². The van der Waals surface area contributed by atoms with Gasteiger partial charge in [-0.15, -0.1) is 0 Å². The summed E-state index contributed by atoms with van der Waals surface area (Å²) in [4.78, 5) is 0. The van der Waals surface area contributed by atoms with Gasteiger partial charge in [0.2, 0.25) is 0 Å². The molecule has 2 saturated heterocycles. The molecule has 2 aliphatic heterocycles. The minimum absolute atomic E-state index is 0.0606. The van der Waals surface area contributed by atoms with Gasteiger partial charge in [0.25, 0.3) is 0 Å². The van der Waals surface area contributed by atoms with Crippen molar-refractivity contribution >= 4 is 23.2 Å². The Labute approximate surface area is 172 Å². The maximum Gasteiger partial charge on any atom is 0.184 e. The fraction of sp³-hybridized carbons (Fsp3) is 0.400. The zero-order chi connectivity index (χ0) is 19.7. The van der Waals surface area contributed by atoms with Gasteiger partial charge < -0.3 is 29.2 Å².